The third-order valence-corrected chi connectivity index (χ3v) is 3.32. The summed E-state index contributed by atoms with van der Waals surface area (Å²) >= 11 is 0. The first-order valence-electron chi connectivity index (χ1n) is 6.07. The molecule has 0 radical (unpaired) electrons. The summed E-state index contributed by atoms with van der Waals surface area (Å²) in [5.74, 6) is -0.134. The van der Waals surface area contributed by atoms with E-state index in [9.17, 15) is 4.79 Å². The van der Waals surface area contributed by atoms with Gasteiger partial charge in [-0.3, -0.25) is 4.79 Å². The molecule has 0 saturated carbocycles. The first kappa shape index (κ1) is 11.6. The summed E-state index contributed by atoms with van der Waals surface area (Å²) in [4.78, 5) is 12.6. The Morgan fingerprint density at radius 1 is 0.895 bits per heavy atom. The molecule has 0 atom stereocenters. The Hall–Kier alpha value is -2.49. The second-order valence-electron chi connectivity index (χ2n) is 4.46. The van der Waals surface area contributed by atoms with Crippen LogP contribution in [0.1, 0.15) is 11.1 Å². The lowest BCUT2D eigenvalue weighted by molar-refractivity contribution is -0.131. The van der Waals surface area contributed by atoms with Crippen molar-refractivity contribution in [1.29, 1.82) is 0 Å². The zero-order valence-corrected chi connectivity index (χ0v) is 10.5. The number of benzene rings is 2. The van der Waals surface area contributed by atoms with Gasteiger partial charge in [0.1, 0.15) is 0 Å². The number of carbonyl (C=O) groups excluding carboxylic acids is 1. The molecule has 1 amide bonds. The number of carbonyl (C=O) groups is 1. The van der Waals surface area contributed by atoms with Crippen LogP contribution in [-0.2, 0) is 10.3 Å². The van der Waals surface area contributed by atoms with Crippen molar-refractivity contribution in [2.24, 2.45) is 10.3 Å². The zero-order valence-electron chi connectivity index (χ0n) is 10.5. The minimum atomic E-state index is -1.04. The second-order valence-corrected chi connectivity index (χ2v) is 4.46. The SMILES string of the molecule is CN1N=NC(c2ccccc2)(c2ccccc2)C1=O. The molecule has 0 unspecified atom stereocenters. The first-order valence-corrected chi connectivity index (χ1v) is 6.07. The maximum Gasteiger partial charge on any atom is 0.282 e. The van der Waals surface area contributed by atoms with Crippen molar-refractivity contribution in [3.8, 4) is 0 Å². The Balaban J connectivity index is 2.24. The molecule has 0 fully saturated rings. The van der Waals surface area contributed by atoms with Crippen LogP contribution in [0.2, 0.25) is 0 Å². The molecule has 19 heavy (non-hydrogen) atoms. The normalized spacial score (nSPS) is 16.9. The summed E-state index contributed by atoms with van der Waals surface area (Å²) < 4.78 is 0. The number of hydrogen-bond donors (Lipinski definition) is 0. The van der Waals surface area contributed by atoms with Gasteiger partial charge < -0.3 is 0 Å². The van der Waals surface area contributed by atoms with Crippen LogP contribution in [0, 0.1) is 0 Å². The van der Waals surface area contributed by atoms with Crippen LogP contribution in [0.3, 0.4) is 0 Å². The van der Waals surface area contributed by atoms with E-state index in [0.717, 1.165) is 11.1 Å². The highest BCUT2D eigenvalue weighted by Crippen LogP contribution is 2.39. The topological polar surface area (TPSA) is 45.0 Å². The van der Waals surface area contributed by atoms with Crippen LogP contribution in [0.25, 0.3) is 0 Å². The molecule has 4 nitrogen and oxygen atoms in total. The van der Waals surface area contributed by atoms with Gasteiger partial charge in [-0.2, -0.15) is 0 Å². The van der Waals surface area contributed by atoms with Crippen molar-refractivity contribution >= 4 is 5.91 Å². The Kier molecular flexibility index (Phi) is 2.63. The van der Waals surface area contributed by atoms with Gasteiger partial charge in [-0.1, -0.05) is 65.9 Å². The molecular formula is C15H13N3O. The molecule has 0 aromatic heterocycles. The first-order chi connectivity index (χ1) is 9.25. The molecule has 2 aromatic carbocycles. The van der Waals surface area contributed by atoms with Gasteiger partial charge >= 0.3 is 0 Å². The van der Waals surface area contributed by atoms with Crippen LogP contribution < -0.4 is 0 Å². The predicted molar refractivity (Wildman–Crippen MR) is 71.3 cm³/mol. The van der Waals surface area contributed by atoms with Crippen LogP contribution >= 0.6 is 0 Å². The van der Waals surface area contributed by atoms with Crippen molar-refractivity contribution in [2.45, 2.75) is 5.54 Å². The molecule has 1 heterocycles. The summed E-state index contributed by atoms with van der Waals surface area (Å²) in [6.45, 7) is 0. The summed E-state index contributed by atoms with van der Waals surface area (Å²) in [6.07, 6.45) is 0. The molecule has 0 spiro atoms. The molecule has 1 aliphatic heterocycles. The highest BCUT2D eigenvalue weighted by Gasteiger charge is 2.48. The zero-order chi connectivity index (χ0) is 13.3. The Morgan fingerprint density at radius 3 is 1.74 bits per heavy atom. The average molecular weight is 251 g/mol. The molecule has 0 saturated heterocycles. The van der Waals surface area contributed by atoms with Gasteiger partial charge in [0.15, 0.2) is 0 Å². The van der Waals surface area contributed by atoms with E-state index < -0.39 is 5.54 Å². The summed E-state index contributed by atoms with van der Waals surface area (Å²) in [6, 6.07) is 19.1. The van der Waals surface area contributed by atoms with E-state index >= 15 is 0 Å². The van der Waals surface area contributed by atoms with Crippen LogP contribution in [-0.4, -0.2) is 18.0 Å². The van der Waals surface area contributed by atoms with E-state index in [4.69, 9.17) is 0 Å². The summed E-state index contributed by atoms with van der Waals surface area (Å²) in [5, 5.41) is 9.50. The highest BCUT2D eigenvalue weighted by molar-refractivity contribution is 5.92. The fourth-order valence-corrected chi connectivity index (χ4v) is 2.34. The fraction of sp³-hybridized carbons (Fsp3) is 0.133. The molecule has 0 aliphatic carbocycles. The van der Waals surface area contributed by atoms with Crippen LogP contribution in [0.4, 0.5) is 0 Å². The van der Waals surface area contributed by atoms with Crippen molar-refractivity contribution in [3.05, 3.63) is 71.8 Å². The van der Waals surface area contributed by atoms with Gasteiger partial charge in [-0.05, 0) is 11.1 Å². The fourth-order valence-electron chi connectivity index (χ4n) is 2.34. The van der Waals surface area contributed by atoms with Gasteiger partial charge in [0.2, 0.25) is 5.54 Å². The Bertz CT molecular complexity index is 583. The minimum Gasteiger partial charge on any atom is -0.269 e. The quantitative estimate of drug-likeness (QED) is 0.809. The standard InChI is InChI=1S/C15H13N3O/c1-18-14(19)15(16-17-18,12-8-4-2-5-9-12)13-10-6-3-7-11-13/h2-11H,1H3. The molecule has 94 valence electrons. The number of hydrogen-bond acceptors (Lipinski definition) is 3. The lowest BCUT2D eigenvalue weighted by atomic mass is 9.83. The Labute approximate surface area is 111 Å². The van der Waals surface area contributed by atoms with Crippen molar-refractivity contribution in [1.82, 2.24) is 5.01 Å². The molecule has 4 heteroatoms. The van der Waals surface area contributed by atoms with Crippen LogP contribution in [0.5, 0.6) is 0 Å². The molecular weight excluding hydrogens is 238 g/mol. The lowest BCUT2D eigenvalue weighted by Gasteiger charge is -2.24. The minimum absolute atomic E-state index is 0.134. The maximum atomic E-state index is 12.6. The van der Waals surface area contributed by atoms with Crippen molar-refractivity contribution in [2.75, 3.05) is 7.05 Å². The number of rotatable bonds is 2. The van der Waals surface area contributed by atoms with Crippen molar-refractivity contribution in [3.63, 3.8) is 0 Å². The lowest BCUT2D eigenvalue weighted by Crippen LogP contribution is -2.37. The Morgan fingerprint density at radius 2 is 1.37 bits per heavy atom. The number of amides is 1. The maximum absolute atomic E-state index is 12.6. The highest BCUT2D eigenvalue weighted by atomic mass is 16.2. The molecule has 3 rings (SSSR count). The molecule has 2 aromatic rings. The average Bonchev–Trinajstić information content (AvgIpc) is 2.78. The van der Waals surface area contributed by atoms with Crippen LogP contribution in [0.15, 0.2) is 71.0 Å². The third kappa shape index (κ3) is 1.64. The smallest absolute Gasteiger partial charge is 0.269 e. The van der Waals surface area contributed by atoms with E-state index in [1.54, 1.807) is 7.05 Å². The summed E-state index contributed by atoms with van der Waals surface area (Å²) in [5.41, 5.74) is 0.621. The number of nitrogens with zero attached hydrogens (tertiary/aromatic N) is 3. The largest absolute Gasteiger partial charge is 0.282 e. The molecule has 1 aliphatic rings. The van der Waals surface area contributed by atoms with Gasteiger partial charge in [-0.15, -0.1) is 5.11 Å². The van der Waals surface area contributed by atoms with Gasteiger partial charge in [0.25, 0.3) is 5.91 Å². The van der Waals surface area contributed by atoms with E-state index in [1.807, 2.05) is 60.7 Å². The van der Waals surface area contributed by atoms with Gasteiger partial charge in [0, 0.05) is 7.05 Å². The second kappa shape index (κ2) is 4.31. The van der Waals surface area contributed by atoms with Gasteiger partial charge in [-0.25, -0.2) is 5.01 Å². The van der Waals surface area contributed by atoms with E-state index in [1.165, 1.54) is 5.01 Å². The molecule has 0 N–H and O–H groups in total. The third-order valence-electron chi connectivity index (χ3n) is 3.32. The van der Waals surface area contributed by atoms with E-state index in [2.05, 4.69) is 10.3 Å². The summed E-state index contributed by atoms with van der Waals surface area (Å²) in [7, 11) is 1.62. The predicted octanol–water partition coefficient (Wildman–Crippen LogP) is 2.77. The van der Waals surface area contributed by atoms with Gasteiger partial charge in [0.05, 0.1) is 0 Å². The monoisotopic (exact) mass is 251 g/mol. The van der Waals surface area contributed by atoms with Crippen molar-refractivity contribution < 1.29 is 4.79 Å². The van der Waals surface area contributed by atoms with E-state index in [0.29, 0.717) is 0 Å². The number of likely N-dealkylation sites (N-methyl/N-ethyl adjacent to an activating group) is 1. The molecule has 0 bridgehead atoms. The van der Waals surface area contributed by atoms with E-state index in [-0.39, 0.29) is 5.91 Å².